The molecule has 1 aromatic rings. The van der Waals surface area contributed by atoms with E-state index >= 15 is 0 Å². The van der Waals surface area contributed by atoms with Gasteiger partial charge in [0.15, 0.2) is 11.5 Å². The van der Waals surface area contributed by atoms with Crippen LogP contribution in [0.5, 0.6) is 11.5 Å². The van der Waals surface area contributed by atoms with Gasteiger partial charge in [0.25, 0.3) is 0 Å². The van der Waals surface area contributed by atoms with Gasteiger partial charge in [-0.2, -0.15) is 0 Å². The molecule has 88 valence electrons. The Morgan fingerprint density at radius 2 is 2.06 bits per heavy atom. The fourth-order valence-electron chi connectivity index (χ4n) is 1.59. The van der Waals surface area contributed by atoms with Crippen LogP contribution in [-0.4, -0.2) is 23.3 Å². The van der Waals surface area contributed by atoms with Gasteiger partial charge in [0.05, 0.1) is 13.5 Å². The molecule has 0 atom stereocenters. The van der Waals surface area contributed by atoms with Crippen LogP contribution in [0.2, 0.25) is 0 Å². The molecule has 0 heterocycles. The van der Waals surface area contributed by atoms with Gasteiger partial charge in [-0.3, -0.25) is 4.79 Å². The number of aliphatic carboxylic acids is 1. The number of aromatic hydroxyl groups is 1. The number of ether oxygens (including phenoxy) is 1. The molecule has 0 spiro atoms. The van der Waals surface area contributed by atoms with E-state index in [9.17, 15) is 9.90 Å². The topological polar surface area (TPSA) is 66.8 Å². The van der Waals surface area contributed by atoms with Crippen molar-refractivity contribution in [3.8, 4) is 11.5 Å². The third-order valence-corrected chi connectivity index (χ3v) is 2.55. The van der Waals surface area contributed by atoms with Crippen molar-refractivity contribution >= 4 is 5.97 Å². The van der Waals surface area contributed by atoms with Crippen molar-refractivity contribution in [2.45, 2.75) is 25.7 Å². The maximum absolute atomic E-state index is 10.7. The van der Waals surface area contributed by atoms with E-state index in [1.165, 1.54) is 7.11 Å². The molecule has 1 rings (SSSR count). The van der Waals surface area contributed by atoms with Crippen LogP contribution in [0.4, 0.5) is 0 Å². The molecule has 0 saturated heterocycles. The van der Waals surface area contributed by atoms with E-state index in [1.807, 2.05) is 13.8 Å². The first-order chi connectivity index (χ1) is 7.36. The van der Waals surface area contributed by atoms with Crippen LogP contribution < -0.4 is 4.74 Å². The number of phenols is 1. The second-order valence-corrected chi connectivity index (χ2v) is 4.34. The second kappa shape index (κ2) is 4.43. The molecule has 0 saturated carbocycles. The summed E-state index contributed by atoms with van der Waals surface area (Å²) in [5.41, 5.74) is 0.253. The molecule has 0 amide bonds. The molecule has 16 heavy (non-hydrogen) atoms. The maximum Gasteiger partial charge on any atom is 0.304 e. The zero-order chi connectivity index (χ0) is 12.3. The van der Waals surface area contributed by atoms with Crippen molar-refractivity contribution in [1.82, 2.24) is 0 Å². The van der Waals surface area contributed by atoms with Crippen LogP contribution in [0.3, 0.4) is 0 Å². The van der Waals surface area contributed by atoms with E-state index in [4.69, 9.17) is 9.84 Å². The van der Waals surface area contributed by atoms with E-state index in [2.05, 4.69) is 0 Å². The first-order valence-electron chi connectivity index (χ1n) is 4.96. The molecule has 2 N–H and O–H groups in total. The van der Waals surface area contributed by atoms with Crippen LogP contribution in [0.1, 0.15) is 25.8 Å². The summed E-state index contributed by atoms with van der Waals surface area (Å²) in [7, 11) is 1.47. The number of benzene rings is 1. The molecule has 0 aromatic heterocycles. The minimum Gasteiger partial charge on any atom is -0.504 e. The Morgan fingerprint density at radius 1 is 1.44 bits per heavy atom. The summed E-state index contributed by atoms with van der Waals surface area (Å²) in [6, 6.07) is 4.94. The van der Waals surface area contributed by atoms with Gasteiger partial charge >= 0.3 is 5.97 Å². The fraction of sp³-hybridized carbons (Fsp3) is 0.417. The number of rotatable bonds is 4. The summed E-state index contributed by atoms with van der Waals surface area (Å²) in [6.07, 6.45) is 0.0127. The lowest BCUT2D eigenvalue weighted by atomic mass is 9.81. The molecule has 1 aromatic carbocycles. The summed E-state index contributed by atoms with van der Waals surface area (Å²) in [4.78, 5) is 10.7. The van der Waals surface area contributed by atoms with Crippen molar-refractivity contribution < 1.29 is 19.7 Å². The number of carboxylic acids is 1. The monoisotopic (exact) mass is 224 g/mol. The second-order valence-electron chi connectivity index (χ2n) is 4.34. The van der Waals surface area contributed by atoms with Crippen LogP contribution >= 0.6 is 0 Å². The highest BCUT2D eigenvalue weighted by Crippen LogP contribution is 2.34. The lowest BCUT2D eigenvalue weighted by Gasteiger charge is -2.23. The standard InChI is InChI=1S/C12H16O4/c1-12(2,7-11(14)15)8-4-5-10(16-3)9(13)6-8/h4-6,13H,7H2,1-3H3,(H,14,15). The number of carbonyl (C=O) groups is 1. The lowest BCUT2D eigenvalue weighted by Crippen LogP contribution is -2.21. The van der Waals surface area contributed by atoms with E-state index in [0.29, 0.717) is 5.75 Å². The first kappa shape index (κ1) is 12.4. The summed E-state index contributed by atoms with van der Waals surface area (Å²) >= 11 is 0. The number of phenolic OH excluding ortho intramolecular Hbond substituents is 1. The normalized spacial score (nSPS) is 11.2. The third-order valence-electron chi connectivity index (χ3n) is 2.55. The number of carboxylic acid groups (broad SMARTS) is 1. The zero-order valence-corrected chi connectivity index (χ0v) is 9.65. The largest absolute Gasteiger partial charge is 0.504 e. The highest BCUT2D eigenvalue weighted by atomic mass is 16.5. The summed E-state index contributed by atoms with van der Waals surface area (Å²) < 4.78 is 4.93. The van der Waals surface area contributed by atoms with Crippen molar-refractivity contribution in [2.75, 3.05) is 7.11 Å². The van der Waals surface area contributed by atoms with Crippen molar-refractivity contribution in [2.24, 2.45) is 0 Å². The first-order valence-corrected chi connectivity index (χ1v) is 4.96. The minimum absolute atomic E-state index is 0.0127. The van der Waals surface area contributed by atoms with Crippen molar-refractivity contribution in [3.05, 3.63) is 23.8 Å². The predicted octanol–water partition coefficient (Wildman–Crippen LogP) is 2.15. The molecular formula is C12H16O4. The average Bonchev–Trinajstić information content (AvgIpc) is 2.15. The Bertz CT molecular complexity index is 396. The van der Waals surface area contributed by atoms with Gasteiger partial charge in [-0.05, 0) is 17.7 Å². The van der Waals surface area contributed by atoms with E-state index in [0.717, 1.165) is 5.56 Å². The highest BCUT2D eigenvalue weighted by Gasteiger charge is 2.24. The molecule has 0 aliphatic carbocycles. The summed E-state index contributed by atoms with van der Waals surface area (Å²) in [6.45, 7) is 3.64. The van der Waals surface area contributed by atoms with Gasteiger partial charge in [-0.15, -0.1) is 0 Å². The summed E-state index contributed by atoms with van der Waals surface area (Å²) in [5.74, 6) is -0.450. The van der Waals surface area contributed by atoms with Crippen molar-refractivity contribution in [1.29, 1.82) is 0 Å². The fourth-order valence-corrected chi connectivity index (χ4v) is 1.59. The van der Waals surface area contributed by atoms with E-state index < -0.39 is 11.4 Å². The number of hydrogen-bond donors (Lipinski definition) is 2. The van der Waals surface area contributed by atoms with Gasteiger partial charge in [-0.25, -0.2) is 0 Å². The Labute approximate surface area is 94.5 Å². The zero-order valence-electron chi connectivity index (χ0n) is 9.65. The van der Waals surface area contributed by atoms with Gasteiger partial charge in [0, 0.05) is 5.41 Å². The Balaban J connectivity index is 3.04. The van der Waals surface area contributed by atoms with E-state index in [-0.39, 0.29) is 12.2 Å². The average molecular weight is 224 g/mol. The smallest absolute Gasteiger partial charge is 0.304 e. The molecule has 0 radical (unpaired) electrons. The molecule has 0 aliphatic heterocycles. The molecule has 0 unspecified atom stereocenters. The lowest BCUT2D eigenvalue weighted by molar-refractivity contribution is -0.138. The number of methoxy groups -OCH3 is 1. The number of hydrogen-bond acceptors (Lipinski definition) is 3. The molecular weight excluding hydrogens is 208 g/mol. The predicted molar refractivity (Wildman–Crippen MR) is 59.9 cm³/mol. The third kappa shape index (κ3) is 2.66. The highest BCUT2D eigenvalue weighted by molar-refractivity contribution is 5.69. The molecule has 4 heteroatoms. The molecule has 0 aliphatic rings. The SMILES string of the molecule is COc1ccc(C(C)(C)CC(=O)O)cc1O. The van der Waals surface area contributed by atoms with Gasteiger partial charge in [-0.1, -0.05) is 19.9 Å². The summed E-state index contributed by atoms with van der Waals surface area (Å²) in [5, 5.41) is 18.4. The van der Waals surface area contributed by atoms with Crippen LogP contribution in [0, 0.1) is 0 Å². The van der Waals surface area contributed by atoms with Gasteiger partial charge in [0.2, 0.25) is 0 Å². The van der Waals surface area contributed by atoms with Crippen LogP contribution in [-0.2, 0) is 10.2 Å². The molecule has 0 fully saturated rings. The van der Waals surface area contributed by atoms with Gasteiger partial charge < -0.3 is 14.9 Å². The quantitative estimate of drug-likeness (QED) is 0.822. The van der Waals surface area contributed by atoms with Crippen LogP contribution in [0.15, 0.2) is 18.2 Å². The molecule has 0 bridgehead atoms. The minimum atomic E-state index is -0.861. The Morgan fingerprint density at radius 3 is 2.50 bits per heavy atom. The molecule has 4 nitrogen and oxygen atoms in total. The Kier molecular flexibility index (Phi) is 3.42. The van der Waals surface area contributed by atoms with Gasteiger partial charge in [0.1, 0.15) is 0 Å². The van der Waals surface area contributed by atoms with Crippen LogP contribution in [0.25, 0.3) is 0 Å². The Hall–Kier alpha value is -1.71. The van der Waals surface area contributed by atoms with E-state index in [1.54, 1.807) is 18.2 Å². The maximum atomic E-state index is 10.7. The van der Waals surface area contributed by atoms with Crippen molar-refractivity contribution in [3.63, 3.8) is 0 Å².